The fourth-order valence-corrected chi connectivity index (χ4v) is 3.22. The summed E-state index contributed by atoms with van der Waals surface area (Å²) in [6.45, 7) is 4.52. The predicted molar refractivity (Wildman–Crippen MR) is 84.0 cm³/mol. The van der Waals surface area contributed by atoms with E-state index in [9.17, 15) is 9.59 Å². The molecule has 2 aliphatic rings. The van der Waals surface area contributed by atoms with E-state index < -0.39 is 0 Å². The second-order valence-corrected chi connectivity index (χ2v) is 6.09. The van der Waals surface area contributed by atoms with Crippen molar-refractivity contribution in [3.63, 3.8) is 0 Å². The first-order valence-corrected chi connectivity index (χ1v) is 8.05. The van der Waals surface area contributed by atoms with E-state index in [2.05, 4.69) is 5.32 Å². The standard InChI is InChI=1S/C17H23N3O2/c21-16-11-15(17(22)19-9-4-7-18-8-10-19)13-20(16)12-14-5-2-1-3-6-14/h1-3,5-6,15,18H,4,7-13H2. The van der Waals surface area contributed by atoms with Crippen molar-refractivity contribution in [1.29, 1.82) is 0 Å². The molecule has 118 valence electrons. The van der Waals surface area contributed by atoms with Crippen LogP contribution in [-0.4, -0.2) is 54.3 Å². The van der Waals surface area contributed by atoms with Crippen molar-refractivity contribution in [1.82, 2.24) is 15.1 Å². The summed E-state index contributed by atoms with van der Waals surface area (Å²) in [5, 5.41) is 3.30. The van der Waals surface area contributed by atoms with E-state index in [0.717, 1.165) is 38.2 Å². The molecule has 0 spiro atoms. The van der Waals surface area contributed by atoms with Gasteiger partial charge in [0.25, 0.3) is 0 Å². The van der Waals surface area contributed by atoms with Gasteiger partial charge < -0.3 is 15.1 Å². The van der Waals surface area contributed by atoms with E-state index in [1.54, 1.807) is 0 Å². The molecule has 0 bridgehead atoms. The molecule has 1 unspecified atom stereocenters. The minimum atomic E-state index is -0.172. The number of carbonyl (C=O) groups is 2. The van der Waals surface area contributed by atoms with Crippen molar-refractivity contribution in [2.24, 2.45) is 5.92 Å². The first kappa shape index (κ1) is 15.0. The van der Waals surface area contributed by atoms with Crippen molar-refractivity contribution >= 4 is 11.8 Å². The number of rotatable bonds is 3. The zero-order chi connectivity index (χ0) is 15.4. The van der Waals surface area contributed by atoms with Crippen molar-refractivity contribution in [2.45, 2.75) is 19.4 Å². The highest BCUT2D eigenvalue weighted by molar-refractivity contribution is 5.89. The lowest BCUT2D eigenvalue weighted by molar-refractivity contribution is -0.135. The number of hydrogen-bond donors (Lipinski definition) is 1. The second-order valence-electron chi connectivity index (χ2n) is 6.09. The van der Waals surface area contributed by atoms with Crippen LogP contribution in [0.4, 0.5) is 0 Å². The van der Waals surface area contributed by atoms with E-state index in [1.807, 2.05) is 40.1 Å². The average Bonchev–Trinajstić information content (AvgIpc) is 2.76. The van der Waals surface area contributed by atoms with Crippen LogP contribution >= 0.6 is 0 Å². The van der Waals surface area contributed by atoms with E-state index in [0.29, 0.717) is 19.5 Å². The predicted octanol–water partition coefficient (Wildman–Crippen LogP) is 0.857. The maximum absolute atomic E-state index is 12.6. The van der Waals surface area contributed by atoms with Crippen LogP contribution in [0.1, 0.15) is 18.4 Å². The smallest absolute Gasteiger partial charge is 0.228 e. The SMILES string of the molecule is O=C1CC(C(=O)N2CCCNCC2)CN1Cc1ccccc1. The normalized spacial score (nSPS) is 22.7. The Hall–Kier alpha value is -1.88. The summed E-state index contributed by atoms with van der Waals surface area (Å²) in [6.07, 6.45) is 1.34. The Bertz CT molecular complexity index is 524. The number of carbonyl (C=O) groups excluding carboxylic acids is 2. The highest BCUT2D eigenvalue weighted by Crippen LogP contribution is 2.22. The Kier molecular flexibility index (Phi) is 4.73. The molecule has 2 aliphatic heterocycles. The van der Waals surface area contributed by atoms with Gasteiger partial charge in [0, 0.05) is 39.1 Å². The lowest BCUT2D eigenvalue weighted by Crippen LogP contribution is -2.39. The monoisotopic (exact) mass is 301 g/mol. The van der Waals surface area contributed by atoms with Gasteiger partial charge in [-0.1, -0.05) is 30.3 Å². The number of hydrogen-bond acceptors (Lipinski definition) is 3. The highest BCUT2D eigenvalue weighted by Gasteiger charge is 2.36. The number of nitrogens with zero attached hydrogens (tertiary/aromatic N) is 2. The molecule has 5 nitrogen and oxygen atoms in total. The van der Waals surface area contributed by atoms with E-state index in [4.69, 9.17) is 0 Å². The van der Waals surface area contributed by atoms with Gasteiger partial charge in [-0.15, -0.1) is 0 Å². The Morgan fingerprint density at radius 1 is 1.18 bits per heavy atom. The van der Waals surface area contributed by atoms with Gasteiger partial charge >= 0.3 is 0 Å². The lowest BCUT2D eigenvalue weighted by atomic mass is 10.1. The minimum absolute atomic E-state index is 0.0927. The van der Waals surface area contributed by atoms with Crippen LogP contribution in [0.2, 0.25) is 0 Å². The van der Waals surface area contributed by atoms with Gasteiger partial charge in [0.15, 0.2) is 0 Å². The van der Waals surface area contributed by atoms with Gasteiger partial charge in [-0.2, -0.15) is 0 Å². The van der Waals surface area contributed by atoms with Crippen LogP contribution in [-0.2, 0) is 16.1 Å². The van der Waals surface area contributed by atoms with Gasteiger partial charge in [0.05, 0.1) is 5.92 Å². The first-order valence-electron chi connectivity index (χ1n) is 8.05. The fraction of sp³-hybridized carbons (Fsp3) is 0.529. The Balaban J connectivity index is 1.60. The summed E-state index contributed by atoms with van der Waals surface area (Å²) in [4.78, 5) is 28.5. The number of nitrogens with one attached hydrogen (secondary N) is 1. The fourth-order valence-electron chi connectivity index (χ4n) is 3.22. The summed E-state index contributed by atoms with van der Waals surface area (Å²) < 4.78 is 0. The zero-order valence-corrected chi connectivity index (χ0v) is 12.8. The quantitative estimate of drug-likeness (QED) is 0.901. The van der Waals surface area contributed by atoms with Gasteiger partial charge in [0.2, 0.25) is 11.8 Å². The molecule has 1 aromatic carbocycles. The van der Waals surface area contributed by atoms with E-state index in [1.165, 1.54) is 0 Å². The average molecular weight is 301 g/mol. The van der Waals surface area contributed by atoms with Crippen LogP contribution in [0.3, 0.4) is 0 Å². The molecule has 0 saturated carbocycles. The van der Waals surface area contributed by atoms with Crippen LogP contribution in [0.15, 0.2) is 30.3 Å². The van der Waals surface area contributed by atoms with Crippen LogP contribution < -0.4 is 5.32 Å². The third-order valence-electron chi connectivity index (χ3n) is 4.43. The lowest BCUT2D eigenvalue weighted by Gasteiger charge is -2.23. The van der Waals surface area contributed by atoms with E-state index in [-0.39, 0.29) is 17.7 Å². The largest absolute Gasteiger partial charge is 0.341 e. The molecular weight excluding hydrogens is 278 g/mol. The van der Waals surface area contributed by atoms with Crippen molar-refractivity contribution in [3.8, 4) is 0 Å². The van der Waals surface area contributed by atoms with Crippen LogP contribution in [0.5, 0.6) is 0 Å². The van der Waals surface area contributed by atoms with Crippen LogP contribution in [0, 0.1) is 5.92 Å². The van der Waals surface area contributed by atoms with Gasteiger partial charge in [-0.3, -0.25) is 9.59 Å². The summed E-state index contributed by atoms with van der Waals surface area (Å²) in [5.74, 6) is 0.0667. The Morgan fingerprint density at radius 3 is 2.82 bits per heavy atom. The Morgan fingerprint density at radius 2 is 2.00 bits per heavy atom. The Labute approximate surface area is 131 Å². The zero-order valence-electron chi connectivity index (χ0n) is 12.8. The van der Waals surface area contributed by atoms with Gasteiger partial charge in [-0.25, -0.2) is 0 Å². The highest BCUT2D eigenvalue weighted by atomic mass is 16.2. The summed E-state index contributed by atoms with van der Waals surface area (Å²) in [5.41, 5.74) is 1.11. The maximum atomic E-state index is 12.6. The molecule has 0 aromatic heterocycles. The molecule has 2 saturated heterocycles. The molecule has 3 rings (SSSR count). The molecule has 0 aliphatic carbocycles. The number of likely N-dealkylation sites (tertiary alicyclic amines) is 1. The molecule has 1 N–H and O–H groups in total. The second kappa shape index (κ2) is 6.92. The maximum Gasteiger partial charge on any atom is 0.228 e. The summed E-state index contributed by atoms with van der Waals surface area (Å²) in [7, 11) is 0. The topological polar surface area (TPSA) is 52.7 Å². The molecule has 2 heterocycles. The summed E-state index contributed by atoms with van der Waals surface area (Å²) >= 11 is 0. The molecule has 0 radical (unpaired) electrons. The minimum Gasteiger partial charge on any atom is -0.341 e. The summed E-state index contributed by atoms with van der Waals surface area (Å²) in [6, 6.07) is 9.95. The van der Waals surface area contributed by atoms with Gasteiger partial charge in [0.1, 0.15) is 0 Å². The van der Waals surface area contributed by atoms with Crippen molar-refractivity contribution < 1.29 is 9.59 Å². The number of benzene rings is 1. The third-order valence-corrected chi connectivity index (χ3v) is 4.43. The van der Waals surface area contributed by atoms with Crippen molar-refractivity contribution in [2.75, 3.05) is 32.7 Å². The first-order chi connectivity index (χ1) is 10.7. The molecule has 2 fully saturated rings. The molecule has 22 heavy (non-hydrogen) atoms. The van der Waals surface area contributed by atoms with E-state index >= 15 is 0 Å². The van der Waals surface area contributed by atoms with Gasteiger partial charge in [-0.05, 0) is 18.5 Å². The molecular formula is C17H23N3O2. The molecule has 1 aromatic rings. The molecule has 1 atom stereocenters. The molecule has 2 amide bonds. The third kappa shape index (κ3) is 3.47. The van der Waals surface area contributed by atoms with Crippen molar-refractivity contribution in [3.05, 3.63) is 35.9 Å². The van der Waals surface area contributed by atoms with Crippen LogP contribution in [0.25, 0.3) is 0 Å². The number of amides is 2. The molecule has 5 heteroatoms.